The van der Waals surface area contributed by atoms with Crippen LogP contribution < -0.4 is 5.32 Å². The lowest BCUT2D eigenvalue weighted by atomic mass is 10.2. The fourth-order valence-electron chi connectivity index (χ4n) is 2.44. The first kappa shape index (κ1) is 13.4. The van der Waals surface area contributed by atoms with Crippen LogP contribution in [0.5, 0.6) is 0 Å². The van der Waals surface area contributed by atoms with Crippen molar-refractivity contribution >= 4 is 17.5 Å². The smallest absolute Gasteiger partial charge is 0.267 e. The largest absolute Gasteiger partial charge is 0.356 e. The van der Waals surface area contributed by atoms with Crippen LogP contribution in [-0.4, -0.2) is 41.5 Å². The minimum Gasteiger partial charge on any atom is -0.356 e. The second-order valence-electron chi connectivity index (χ2n) is 4.75. The van der Waals surface area contributed by atoms with Crippen LogP contribution in [0.2, 0.25) is 5.02 Å². The van der Waals surface area contributed by atoms with Gasteiger partial charge in [-0.3, -0.25) is 9.69 Å². The molecule has 2 N–H and O–H groups in total. The van der Waals surface area contributed by atoms with Crippen LogP contribution in [0.25, 0.3) is 0 Å². The highest BCUT2D eigenvalue weighted by molar-refractivity contribution is 6.30. The van der Waals surface area contributed by atoms with E-state index in [0.29, 0.717) is 23.3 Å². The third-order valence-electron chi connectivity index (χ3n) is 3.52. The molecule has 0 radical (unpaired) electrons. The van der Waals surface area contributed by atoms with Crippen molar-refractivity contribution < 1.29 is 4.79 Å². The number of nitrogens with zero attached hydrogens (tertiary/aromatic N) is 1. The average molecular weight is 270 g/mol. The Morgan fingerprint density at radius 2 is 2.28 bits per heavy atom. The Labute approximate surface area is 113 Å². The van der Waals surface area contributed by atoms with E-state index in [9.17, 15) is 4.79 Å². The van der Waals surface area contributed by atoms with Crippen molar-refractivity contribution in [1.82, 2.24) is 15.2 Å². The predicted octanol–water partition coefficient (Wildman–Crippen LogP) is 2.27. The van der Waals surface area contributed by atoms with E-state index in [1.165, 1.54) is 12.8 Å². The molecule has 1 saturated heterocycles. The molecule has 1 aromatic heterocycles. The lowest BCUT2D eigenvalue weighted by Crippen LogP contribution is -2.42. The highest BCUT2D eigenvalue weighted by atomic mass is 35.5. The number of H-pyrrole nitrogens is 1. The highest BCUT2D eigenvalue weighted by Gasteiger charge is 2.21. The number of likely N-dealkylation sites (tertiary alicyclic amines) is 1. The highest BCUT2D eigenvalue weighted by Crippen LogP contribution is 2.14. The molecule has 1 atom stereocenters. The van der Waals surface area contributed by atoms with Gasteiger partial charge in [0.15, 0.2) is 0 Å². The van der Waals surface area contributed by atoms with E-state index < -0.39 is 0 Å². The first-order valence-electron chi connectivity index (χ1n) is 6.57. The Hall–Kier alpha value is -1.00. The van der Waals surface area contributed by atoms with Crippen LogP contribution in [0.3, 0.4) is 0 Å². The zero-order valence-electron chi connectivity index (χ0n) is 10.7. The first-order chi connectivity index (χ1) is 8.70. The van der Waals surface area contributed by atoms with Gasteiger partial charge in [-0.2, -0.15) is 0 Å². The van der Waals surface area contributed by atoms with Gasteiger partial charge in [0.1, 0.15) is 5.69 Å². The second-order valence-corrected chi connectivity index (χ2v) is 5.18. The number of carbonyl (C=O) groups excluding carboxylic acids is 1. The molecule has 4 nitrogen and oxygen atoms in total. The van der Waals surface area contributed by atoms with Gasteiger partial charge in [0.25, 0.3) is 5.91 Å². The molecule has 5 heteroatoms. The molecule has 0 aromatic carbocycles. The summed E-state index contributed by atoms with van der Waals surface area (Å²) in [4.78, 5) is 17.2. The Balaban J connectivity index is 1.84. The van der Waals surface area contributed by atoms with E-state index in [-0.39, 0.29) is 5.91 Å². The molecule has 1 fully saturated rings. The molecule has 0 spiro atoms. The normalized spacial score (nSPS) is 17.9. The monoisotopic (exact) mass is 269 g/mol. The fraction of sp³-hybridized carbons (Fsp3) is 0.615. The zero-order valence-corrected chi connectivity index (χ0v) is 11.5. The van der Waals surface area contributed by atoms with Crippen LogP contribution in [0.15, 0.2) is 12.3 Å². The summed E-state index contributed by atoms with van der Waals surface area (Å²) in [7, 11) is 0. The molecular formula is C13H20ClN3O. The molecule has 1 amide bonds. The Morgan fingerprint density at radius 3 is 2.83 bits per heavy atom. The van der Waals surface area contributed by atoms with Gasteiger partial charge in [0.2, 0.25) is 0 Å². The average Bonchev–Trinajstić information content (AvgIpc) is 3.01. The molecule has 1 aromatic rings. The van der Waals surface area contributed by atoms with E-state index in [1.807, 2.05) is 0 Å². The van der Waals surface area contributed by atoms with Crippen LogP contribution in [0, 0.1) is 0 Å². The Bertz CT molecular complexity index is 399. The van der Waals surface area contributed by atoms with Gasteiger partial charge in [0, 0.05) is 18.8 Å². The van der Waals surface area contributed by atoms with Crippen LogP contribution in [0.1, 0.15) is 36.7 Å². The second kappa shape index (κ2) is 6.25. The van der Waals surface area contributed by atoms with Crippen LogP contribution in [0.4, 0.5) is 0 Å². The number of aromatic nitrogens is 1. The first-order valence-corrected chi connectivity index (χ1v) is 6.94. The van der Waals surface area contributed by atoms with Crippen molar-refractivity contribution in [3.05, 3.63) is 23.0 Å². The molecule has 0 unspecified atom stereocenters. The maximum atomic E-state index is 11.9. The van der Waals surface area contributed by atoms with Gasteiger partial charge < -0.3 is 10.3 Å². The Kier molecular flexibility index (Phi) is 4.66. The minimum absolute atomic E-state index is 0.0838. The van der Waals surface area contributed by atoms with Gasteiger partial charge in [-0.05, 0) is 38.4 Å². The third kappa shape index (κ3) is 3.27. The van der Waals surface area contributed by atoms with Crippen molar-refractivity contribution in [2.45, 2.75) is 32.2 Å². The molecule has 2 heterocycles. The maximum Gasteiger partial charge on any atom is 0.267 e. The molecule has 0 bridgehead atoms. The number of carbonyl (C=O) groups is 1. The van der Waals surface area contributed by atoms with Gasteiger partial charge in [-0.15, -0.1) is 0 Å². The van der Waals surface area contributed by atoms with Gasteiger partial charge in [-0.25, -0.2) is 0 Å². The zero-order chi connectivity index (χ0) is 13.0. The molecule has 0 aliphatic carbocycles. The molecule has 1 aliphatic heterocycles. The lowest BCUT2D eigenvalue weighted by molar-refractivity contribution is 0.0932. The molecule has 1 aliphatic rings. The van der Waals surface area contributed by atoms with E-state index in [4.69, 9.17) is 11.6 Å². The van der Waals surface area contributed by atoms with Gasteiger partial charge in [-0.1, -0.05) is 18.5 Å². The predicted molar refractivity (Wildman–Crippen MR) is 73.0 cm³/mol. The maximum absolute atomic E-state index is 11.9. The summed E-state index contributed by atoms with van der Waals surface area (Å²) in [5.74, 6) is -0.0838. The lowest BCUT2D eigenvalue weighted by Gasteiger charge is -2.26. The standard InChI is InChI=1S/C13H20ClN3O/c1-2-11(17-5-3-4-6-17)9-16-13(18)12-7-10(14)8-15-12/h7-8,11,15H,2-6,9H2,1H3,(H,16,18)/t11-/m0/s1. The van der Waals surface area contributed by atoms with Crippen LogP contribution >= 0.6 is 11.6 Å². The summed E-state index contributed by atoms with van der Waals surface area (Å²) in [6, 6.07) is 2.09. The van der Waals surface area contributed by atoms with Crippen molar-refractivity contribution in [3.63, 3.8) is 0 Å². The summed E-state index contributed by atoms with van der Waals surface area (Å²) in [5, 5.41) is 3.53. The van der Waals surface area contributed by atoms with Crippen LogP contribution in [-0.2, 0) is 0 Å². The SMILES string of the molecule is CC[C@@H](CNC(=O)c1cc(Cl)c[nH]1)N1CCCC1. The number of hydrogen-bond donors (Lipinski definition) is 2. The fourth-order valence-corrected chi connectivity index (χ4v) is 2.61. The summed E-state index contributed by atoms with van der Waals surface area (Å²) in [5.41, 5.74) is 0.524. The number of halogens is 1. The summed E-state index contributed by atoms with van der Waals surface area (Å²) in [6.07, 6.45) is 5.23. The van der Waals surface area contributed by atoms with E-state index in [0.717, 1.165) is 19.5 Å². The van der Waals surface area contributed by atoms with Crippen molar-refractivity contribution in [1.29, 1.82) is 0 Å². The molecule has 2 rings (SSSR count). The Morgan fingerprint density at radius 1 is 1.56 bits per heavy atom. The third-order valence-corrected chi connectivity index (χ3v) is 3.74. The number of hydrogen-bond acceptors (Lipinski definition) is 2. The summed E-state index contributed by atoms with van der Waals surface area (Å²) >= 11 is 5.78. The summed E-state index contributed by atoms with van der Waals surface area (Å²) in [6.45, 7) is 5.18. The number of amides is 1. The van der Waals surface area contributed by atoms with Crippen molar-refractivity contribution in [2.24, 2.45) is 0 Å². The van der Waals surface area contributed by atoms with Gasteiger partial charge >= 0.3 is 0 Å². The minimum atomic E-state index is -0.0838. The summed E-state index contributed by atoms with van der Waals surface area (Å²) < 4.78 is 0. The quantitative estimate of drug-likeness (QED) is 0.862. The van der Waals surface area contributed by atoms with Gasteiger partial charge in [0.05, 0.1) is 5.02 Å². The topological polar surface area (TPSA) is 48.1 Å². The number of nitrogens with one attached hydrogen (secondary N) is 2. The number of aromatic amines is 1. The molecule has 0 saturated carbocycles. The number of rotatable bonds is 5. The van der Waals surface area contributed by atoms with E-state index in [1.54, 1.807) is 12.3 Å². The van der Waals surface area contributed by atoms with Crippen molar-refractivity contribution in [2.75, 3.05) is 19.6 Å². The molecule has 100 valence electrons. The van der Waals surface area contributed by atoms with E-state index in [2.05, 4.69) is 22.1 Å². The van der Waals surface area contributed by atoms with E-state index >= 15 is 0 Å². The molecule has 18 heavy (non-hydrogen) atoms. The van der Waals surface area contributed by atoms with Crippen molar-refractivity contribution in [3.8, 4) is 0 Å². The molecular weight excluding hydrogens is 250 g/mol.